The van der Waals surface area contributed by atoms with E-state index in [9.17, 15) is 14.7 Å². The lowest BCUT2D eigenvalue weighted by molar-refractivity contribution is -0.140. The Bertz CT molecular complexity index is 1030. The van der Waals surface area contributed by atoms with E-state index < -0.39 is 17.7 Å². The van der Waals surface area contributed by atoms with E-state index in [0.717, 1.165) is 19.6 Å². The highest BCUT2D eigenvalue weighted by molar-refractivity contribution is 6.46. The van der Waals surface area contributed by atoms with Crippen molar-refractivity contribution in [2.45, 2.75) is 33.2 Å². The summed E-state index contributed by atoms with van der Waals surface area (Å²) in [6.07, 6.45) is 0.694. The number of hydrogen-bond donors (Lipinski definition) is 1. The molecule has 172 valence electrons. The number of nitrogens with zero attached hydrogens (tertiary/aromatic N) is 2. The maximum Gasteiger partial charge on any atom is 0.295 e. The summed E-state index contributed by atoms with van der Waals surface area (Å²) in [4.78, 5) is 29.7. The van der Waals surface area contributed by atoms with E-state index in [1.165, 1.54) is 18.1 Å². The van der Waals surface area contributed by atoms with Crippen LogP contribution in [-0.4, -0.2) is 59.9 Å². The van der Waals surface area contributed by atoms with E-state index >= 15 is 0 Å². The van der Waals surface area contributed by atoms with Crippen LogP contribution in [0.1, 0.15) is 43.4 Å². The number of aliphatic hydroxyl groups is 1. The molecule has 0 radical (unpaired) electrons. The van der Waals surface area contributed by atoms with E-state index in [-0.39, 0.29) is 16.4 Å². The number of benzene rings is 1. The van der Waals surface area contributed by atoms with Crippen LogP contribution in [0.3, 0.4) is 0 Å². The van der Waals surface area contributed by atoms with Crippen molar-refractivity contribution in [1.29, 1.82) is 0 Å². The smallest absolute Gasteiger partial charge is 0.295 e. The lowest BCUT2D eigenvalue weighted by atomic mass is 9.99. The van der Waals surface area contributed by atoms with Gasteiger partial charge in [0.1, 0.15) is 29.1 Å². The fourth-order valence-corrected chi connectivity index (χ4v) is 4.24. The van der Waals surface area contributed by atoms with Gasteiger partial charge in [0.15, 0.2) is 0 Å². The first-order valence-electron chi connectivity index (χ1n) is 10.7. The molecule has 1 saturated heterocycles. The Morgan fingerprint density at radius 3 is 2.50 bits per heavy atom. The van der Waals surface area contributed by atoms with Crippen molar-refractivity contribution in [2.24, 2.45) is 0 Å². The number of rotatable bonds is 9. The molecule has 1 fully saturated rings. The molecular formula is C24H29ClN2O5. The average molecular weight is 461 g/mol. The third kappa shape index (κ3) is 4.69. The molecule has 0 spiro atoms. The van der Waals surface area contributed by atoms with Crippen molar-refractivity contribution in [3.8, 4) is 5.75 Å². The van der Waals surface area contributed by atoms with Gasteiger partial charge in [-0.25, -0.2) is 0 Å². The number of aliphatic hydroxyl groups excluding tert-OH is 1. The van der Waals surface area contributed by atoms with Gasteiger partial charge < -0.3 is 24.1 Å². The van der Waals surface area contributed by atoms with Crippen molar-refractivity contribution in [2.75, 3.05) is 33.3 Å². The summed E-state index contributed by atoms with van der Waals surface area (Å²) in [6, 6.07) is 7.41. The van der Waals surface area contributed by atoms with Crippen LogP contribution in [0.5, 0.6) is 5.75 Å². The van der Waals surface area contributed by atoms with Gasteiger partial charge in [0.25, 0.3) is 11.7 Å². The summed E-state index contributed by atoms with van der Waals surface area (Å²) in [5.74, 6) is -0.149. The molecule has 0 aliphatic carbocycles. The standard InChI is InChI=1S/C24H29ClN2O5/c1-5-26(6-2)12-7-13-27-21(19-10-8-15(3)32-19)20(23(29)24(27)30)22(28)16-9-11-18(31-4)17(25)14-16/h8-11,14,21,28H,5-7,12-13H2,1-4H3/b22-20+/t21-/m0/s1. The molecule has 1 aromatic carbocycles. The second-order valence-electron chi connectivity index (χ2n) is 7.67. The van der Waals surface area contributed by atoms with Crippen molar-refractivity contribution in [3.05, 3.63) is 58.0 Å². The molecule has 0 unspecified atom stereocenters. The number of carbonyl (C=O) groups is 2. The zero-order chi connectivity index (χ0) is 23.4. The van der Waals surface area contributed by atoms with Crippen molar-refractivity contribution >= 4 is 29.1 Å². The second-order valence-corrected chi connectivity index (χ2v) is 8.08. The van der Waals surface area contributed by atoms with Crippen LogP contribution in [0.25, 0.3) is 5.76 Å². The Kier molecular flexibility index (Phi) is 7.64. The normalized spacial score (nSPS) is 18.1. The molecule has 8 heteroatoms. The third-order valence-electron chi connectivity index (χ3n) is 5.76. The van der Waals surface area contributed by atoms with E-state index in [1.54, 1.807) is 31.2 Å². The summed E-state index contributed by atoms with van der Waals surface area (Å²) in [5, 5.41) is 11.4. The Labute approximate surface area is 193 Å². The number of furan rings is 1. The number of likely N-dealkylation sites (tertiary alicyclic amines) is 1. The Morgan fingerprint density at radius 1 is 1.22 bits per heavy atom. The number of hydrogen-bond acceptors (Lipinski definition) is 6. The fraction of sp³-hybridized carbons (Fsp3) is 0.417. The number of aryl methyl sites for hydroxylation is 1. The highest BCUT2D eigenvalue weighted by Gasteiger charge is 2.47. The highest BCUT2D eigenvalue weighted by atomic mass is 35.5. The van der Waals surface area contributed by atoms with Gasteiger partial charge >= 0.3 is 0 Å². The maximum absolute atomic E-state index is 13.0. The van der Waals surface area contributed by atoms with Crippen LogP contribution in [0.15, 0.2) is 40.3 Å². The quantitative estimate of drug-likeness (QED) is 0.339. The molecule has 1 amide bonds. The van der Waals surface area contributed by atoms with Crippen LogP contribution in [-0.2, 0) is 9.59 Å². The maximum atomic E-state index is 13.0. The molecule has 1 N–H and O–H groups in total. The molecule has 1 aliphatic heterocycles. The van der Waals surface area contributed by atoms with Gasteiger partial charge in [-0.2, -0.15) is 0 Å². The van der Waals surface area contributed by atoms with Crippen LogP contribution < -0.4 is 4.74 Å². The molecule has 3 rings (SSSR count). The van der Waals surface area contributed by atoms with Gasteiger partial charge in [0.2, 0.25) is 0 Å². The van der Waals surface area contributed by atoms with Gasteiger partial charge in [0, 0.05) is 12.1 Å². The van der Waals surface area contributed by atoms with Gasteiger partial charge in [-0.15, -0.1) is 0 Å². The summed E-state index contributed by atoms with van der Waals surface area (Å²) in [7, 11) is 1.49. The lowest BCUT2D eigenvalue weighted by Crippen LogP contribution is -2.33. The summed E-state index contributed by atoms with van der Waals surface area (Å²) in [6.45, 7) is 8.95. The molecule has 2 heterocycles. The van der Waals surface area contributed by atoms with Gasteiger partial charge in [-0.05, 0) is 63.3 Å². The molecule has 0 saturated carbocycles. The number of amides is 1. The Morgan fingerprint density at radius 2 is 1.94 bits per heavy atom. The zero-order valence-corrected chi connectivity index (χ0v) is 19.6. The number of methoxy groups -OCH3 is 1. The van der Waals surface area contributed by atoms with Gasteiger partial charge in [-0.1, -0.05) is 25.4 Å². The topological polar surface area (TPSA) is 83.2 Å². The Hall–Kier alpha value is -2.77. The largest absolute Gasteiger partial charge is 0.507 e. The Balaban J connectivity index is 2.02. The van der Waals surface area contributed by atoms with Crippen molar-refractivity contribution < 1.29 is 23.8 Å². The number of halogens is 1. The summed E-state index contributed by atoms with van der Waals surface area (Å²) >= 11 is 6.21. The van der Waals surface area contributed by atoms with Gasteiger partial charge in [-0.3, -0.25) is 9.59 Å². The van der Waals surface area contributed by atoms with E-state index in [0.29, 0.717) is 35.8 Å². The number of Topliss-reactive ketones (excluding diaryl/α,β-unsaturated/α-hetero) is 1. The zero-order valence-electron chi connectivity index (χ0n) is 18.9. The minimum atomic E-state index is -0.804. The number of carbonyl (C=O) groups excluding carboxylic acids is 2. The molecule has 2 aromatic rings. The number of ketones is 1. The first-order valence-corrected chi connectivity index (χ1v) is 11.1. The fourth-order valence-electron chi connectivity index (χ4n) is 3.98. The molecule has 1 aliphatic rings. The lowest BCUT2D eigenvalue weighted by Gasteiger charge is -2.25. The van der Waals surface area contributed by atoms with Gasteiger partial charge in [0.05, 0.1) is 17.7 Å². The van der Waals surface area contributed by atoms with E-state index in [2.05, 4.69) is 18.7 Å². The number of ether oxygens (including phenoxy) is 1. The van der Waals surface area contributed by atoms with Crippen LogP contribution in [0, 0.1) is 6.92 Å². The predicted molar refractivity (Wildman–Crippen MR) is 123 cm³/mol. The van der Waals surface area contributed by atoms with Crippen LogP contribution in [0.2, 0.25) is 5.02 Å². The second kappa shape index (κ2) is 10.2. The molecule has 7 nitrogen and oxygen atoms in total. The third-order valence-corrected chi connectivity index (χ3v) is 6.06. The first kappa shape index (κ1) is 23.9. The highest BCUT2D eigenvalue weighted by Crippen LogP contribution is 2.40. The molecule has 0 bridgehead atoms. The molecule has 32 heavy (non-hydrogen) atoms. The van der Waals surface area contributed by atoms with Crippen LogP contribution in [0.4, 0.5) is 0 Å². The predicted octanol–water partition coefficient (Wildman–Crippen LogP) is 4.40. The van der Waals surface area contributed by atoms with E-state index in [1.807, 2.05) is 0 Å². The molecule has 1 aromatic heterocycles. The SMILES string of the molecule is CCN(CC)CCCN1C(=O)C(=O)/C(=C(/O)c2ccc(OC)c(Cl)c2)[C@@H]1c1ccc(C)o1. The minimum Gasteiger partial charge on any atom is -0.507 e. The summed E-state index contributed by atoms with van der Waals surface area (Å²) in [5.41, 5.74) is 0.318. The molecular weight excluding hydrogens is 432 g/mol. The first-order chi connectivity index (χ1) is 15.3. The van der Waals surface area contributed by atoms with E-state index in [4.69, 9.17) is 20.8 Å². The average Bonchev–Trinajstić information content (AvgIpc) is 3.32. The summed E-state index contributed by atoms with van der Waals surface area (Å²) < 4.78 is 11.0. The van der Waals surface area contributed by atoms with Crippen molar-refractivity contribution in [1.82, 2.24) is 9.80 Å². The van der Waals surface area contributed by atoms with Crippen LogP contribution >= 0.6 is 11.6 Å². The monoisotopic (exact) mass is 460 g/mol. The molecule has 1 atom stereocenters. The van der Waals surface area contributed by atoms with Crippen molar-refractivity contribution in [3.63, 3.8) is 0 Å². The minimum absolute atomic E-state index is 0.00609.